The topological polar surface area (TPSA) is 41.6 Å². The second kappa shape index (κ2) is 5.30. The van der Waals surface area contributed by atoms with Crippen LogP contribution in [0.3, 0.4) is 0 Å². The molecular weight excluding hydrogens is 160 g/mol. The molecule has 2 heterocycles. The second-order valence-electron chi connectivity index (χ2n) is 1.80. The summed E-state index contributed by atoms with van der Waals surface area (Å²) in [7, 11) is 0. The molecule has 46 valence electrons. The van der Waals surface area contributed by atoms with Crippen LogP contribution < -0.4 is 0 Å². The number of hydrogen-bond donors (Lipinski definition) is 1. The number of nitrogens with one attached hydrogen (secondary N) is 1. The average molecular weight is 165 g/mol. The Hall–Kier alpha value is 0.620. The minimum atomic E-state index is 0. The van der Waals surface area contributed by atoms with Gasteiger partial charge in [-0.1, -0.05) is 0 Å². The van der Waals surface area contributed by atoms with E-state index in [1.54, 1.807) is 6.20 Å². The van der Waals surface area contributed by atoms with E-state index in [2.05, 4.69) is 15.0 Å². The fourth-order valence-corrected chi connectivity index (χ4v) is 0.793. The molecule has 2 rings (SSSR count). The number of rotatable bonds is 0. The van der Waals surface area contributed by atoms with E-state index in [1.807, 2.05) is 12.3 Å². The largest absolute Gasteiger partial charge is 0.346 e. The second-order valence-corrected chi connectivity index (χ2v) is 1.80. The summed E-state index contributed by atoms with van der Waals surface area (Å²) in [6.45, 7) is 0. The Labute approximate surface area is 109 Å². The predicted octanol–water partition coefficient (Wildman–Crippen LogP) is 0.196. The summed E-state index contributed by atoms with van der Waals surface area (Å²) in [5, 5.41) is 1.05. The summed E-state index contributed by atoms with van der Waals surface area (Å²) < 4.78 is 0. The van der Waals surface area contributed by atoms with Crippen LogP contribution in [0.1, 0.15) is 0 Å². The zero-order valence-electron chi connectivity index (χ0n) is 6.70. The van der Waals surface area contributed by atoms with Crippen LogP contribution >= 0.6 is 0 Å². The molecule has 0 aliphatic rings. The third kappa shape index (κ3) is 2.54. The van der Waals surface area contributed by atoms with Gasteiger partial charge in [-0.25, -0.2) is 9.97 Å². The van der Waals surface area contributed by atoms with Gasteiger partial charge in [0.2, 0.25) is 0 Å². The van der Waals surface area contributed by atoms with Crippen LogP contribution in [-0.4, -0.2) is 74.1 Å². The molecule has 0 fully saturated rings. The van der Waals surface area contributed by atoms with Gasteiger partial charge in [-0.3, -0.25) is 0 Å². The van der Waals surface area contributed by atoms with Crippen molar-refractivity contribution in [3.63, 3.8) is 0 Å². The van der Waals surface area contributed by atoms with Gasteiger partial charge in [0.25, 0.3) is 0 Å². The molecule has 0 amide bonds. The zero-order valence-corrected chi connectivity index (χ0v) is 10.7. The van der Waals surface area contributed by atoms with E-state index in [9.17, 15) is 0 Å². The summed E-state index contributed by atoms with van der Waals surface area (Å²) in [5.74, 6) is 0. The van der Waals surface area contributed by atoms with Gasteiger partial charge in [-0.15, -0.1) is 0 Å². The average Bonchev–Trinajstić information content (AvgIpc) is 2.33. The van der Waals surface area contributed by atoms with Crippen LogP contribution in [0.5, 0.6) is 0 Å². The molecule has 0 saturated heterocycles. The molecule has 0 spiro atoms. The Morgan fingerprint density at radius 3 is 2.82 bits per heavy atom. The minimum absolute atomic E-state index is 0. The van der Waals surface area contributed by atoms with Crippen molar-refractivity contribution in [2.24, 2.45) is 0 Å². The summed E-state index contributed by atoms with van der Waals surface area (Å²) in [6.07, 6.45) is 5.15. The van der Waals surface area contributed by atoms with E-state index in [-0.39, 0.29) is 59.1 Å². The molecule has 2 aromatic rings. The van der Waals surface area contributed by atoms with Gasteiger partial charge in [-0.2, -0.15) is 0 Å². The third-order valence-corrected chi connectivity index (χ3v) is 1.22. The Morgan fingerprint density at radius 2 is 2.09 bits per heavy atom. The van der Waals surface area contributed by atoms with E-state index in [0.29, 0.717) is 0 Å². The quantitative estimate of drug-likeness (QED) is 0.566. The molecule has 0 aliphatic carbocycles. The van der Waals surface area contributed by atoms with E-state index < -0.39 is 0 Å². The Bertz CT molecular complexity index is 290. The molecule has 0 aromatic carbocycles. The molecule has 2 aromatic heterocycles. The number of H-pyrrole nitrogens is 1. The van der Waals surface area contributed by atoms with Crippen LogP contribution in [0, 0.1) is 0 Å². The van der Waals surface area contributed by atoms with E-state index >= 15 is 0 Å². The van der Waals surface area contributed by atoms with Gasteiger partial charge in [0.15, 0.2) is 0 Å². The van der Waals surface area contributed by atoms with Crippen LogP contribution in [0.2, 0.25) is 0 Å². The van der Waals surface area contributed by atoms with Crippen LogP contribution in [0.4, 0.5) is 0 Å². The Morgan fingerprint density at radius 1 is 1.27 bits per heavy atom. The van der Waals surface area contributed by atoms with Crippen LogP contribution in [0.15, 0.2) is 24.8 Å². The number of aromatic amines is 1. The summed E-state index contributed by atoms with van der Waals surface area (Å²) in [5.41, 5.74) is 0.894. The first kappa shape index (κ1) is 11.6. The van der Waals surface area contributed by atoms with Gasteiger partial charge in [-0.05, 0) is 6.07 Å². The maximum Gasteiger partial charge on any atom is 0.140 e. The van der Waals surface area contributed by atoms with E-state index in [0.717, 1.165) is 11.0 Å². The summed E-state index contributed by atoms with van der Waals surface area (Å²) >= 11 is 0. The monoisotopic (exact) mass is 165 g/mol. The van der Waals surface area contributed by atoms with Crippen LogP contribution in [0.25, 0.3) is 11.0 Å². The first-order valence-corrected chi connectivity index (χ1v) is 2.70. The SMILES string of the molecule is [Na].[Na].c1ncc2cc[nH]c2n1. The molecule has 1 N–H and O–H groups in total. The summed E-state index contributed by atoms with van der Waals surface area (Å²) in [4.78, 5) is 10.8. The first-order chi connectivity index (χ1) is 4.47. The zero-order chi connectivity index (χ0) is 6.10. The molecule has 0 bridgehead atoms. The maximum absolute atomic E-state index is 3.97. The third-order valence-electron chi connectivity index (χ3n) is 1.22. The number of fused-ring (bicyclic) bond motifs is 1. The van der Waals surface area contributed by atoms with Crippen LogP contribution in [-0.2, 0) is 0 Å². The van der Waals surface area contributed by atoms with Crippen molar-refractivity contribution in [1.29, 1.82) is 0 Å². The Kier molecular flexibility index (Phi) is 5.60. The molecular formula is C6H5N3Na2. The van der Waals surface area contributed by atoms with Crippen molar-refractivity contribution in [2.45, 2.75) is 0 Å². The molecule has 2 radical (unpaired) electrons. The molecule has 3 nitrogen and oxygen atoms in total. The first-order valence-electron chi connectivity index (χ1n) is 2.70. The van der Waals surface area contributed by atoms with E-state index in [1.165, 1.54) is 6.33 Å². The van der Waals surface area contributed by atoms with Crippen molar-refractivity contribution in [1.82, 2.24) is 15.0 Å². The Balaban J connectivity index is 0.000000500. The summed E-state index contributed by atoms with van der Waals surface area (Å²) in [6, 6.07) is 1.94. The van der Waals surface area contributed by atoms with Gasteiger partial charge >= 0.3 is 0 Å². The van der Waals surface area contributed by atoms with Crippen molar-refractivity contribution in [3.8, 4) is 0 Å². The number of nitrogens with zero attached hydrogens (tertiary/aromatic N) is 2. The molecule has 11 heavy (non-hydrogen) atoms. The van der Waals surface area contributed by atoms with Gasteiger partial charge < -0.3 is 4.98 Å². The van der Waals surface area contributed by atoms with Gasteiger partial charge in [0.05, 0.1) is 0 Å². The van der Waals surface area contributed by atoms with Gasteiger partial charge in [0.1, 0.15) is 12.0 Å². The molecule has 0 aliphatic heterocycles. The van der Waals surface area contributed by atoms with E-state index in [4.69, 9.17) is 0 Å². The van der Waals surface area contributed by atoms with Crippen molar-refractivity contribution < 1.29 is 0 Å². The minimum Gasteiger partial charge on any atom is -0.346 e. The molecule has 0 saturated carbocycles. The van der Waals surface area contributed by atoms with Crippen molar-refractivity contribution in [3.05, 3.63) is 24.8 Å². The number of hydrogen-bond acceptors (Lipinski definition) is 2. The predicted molar refractivity (Wildman–Crippen MR) is 45.4 cm³/mol. The number of aromatic nitrogens is 3. The van der Waals surface area contributed by atoms with Crippen molar-refractivity contribution >= 4 is 70.1 Å². The fourth-order valence-electron chi connectivity index (χ4n) is 0.793. The normalized spacial score (nSPS) is 8.36. The standard InChI is InChI=1S/C6H5N3.2Na/c1-2-8-6-5(1)3-7-4-9-6;;/h1-4H,(H,7,8,9);;. The smallest absolute Gasteiger partial charge is 0.140 e. The molecule has 0 atom stereocenters. The van der Waals surface area contributed by atoms with Gasteiger partial charge in [0, 0.05) is 76.9 Å². The maximum atomic E-state index is 3.97. The van der Waals surface area contributed by atoms with Crippen molar-refractivity contribution in [2.75, 3.05) is 0 Å². The molecule has 0 unspecified atom stereocenters. The molecule has 5 heteroatoms. The fraction of sp³-hybridized carbons (Fsp3) is 0.